The molecule has 2 aromatic rings. The number of hydrogen-bond acceptors (Lipinski definition) is 3. The van der Waals surface area contributed by atoms with E-state index in [9.17, 15) is 4.39 Å². The molecule has 3 nitrogen and oxygen atoms in total. The predicted molar refractivity (Wildman–Crippen MR) is 78.1 cm³/mol. The molecule has 2 aromatic carbocycles. The number of halogens is 1. The summed E-state index contributed by atoms with van der Waals surface area (Å²) in [6.45, 7) is 3.13. The van der Waals surface area contributed by atoms with Gasteiger partial charge in [-0.2, -0.15) is 0 Å². The largest absolute Gasteiger partial charge is 0.493 e. The summed E-state index contributed by atoms with van der Waals surface area (Å²) in [5.41, 5.74) is 1.99. The minimum atomic E-state index is -0.240. The number of aryl methyl sites for hydroxylation is 1. The van der Waals surface area contributed by atoms with Crippen molar-refractivity contribution in [2.75, 3.05) is 25.6 Å². The van der Waals surface area contributed by atoms with Gasteiger partial charge in [-0.25, -0.2) is 4.39 Å². The van der Waals surface area contributed by atoms with Gasteiger partial charge in [0.1, 0.15) is 12.4 Å². The zero-order chi connectivity index (χ0) is 14.4. The third kappa shape index (κ3) is 3.88. The fourth-order valence-corrected chi connectivity index (χ4v) is 1.82. The Kier molecular flexibility index (Phi) is 4.82. The molecule has 0 aliphatic carbocycles. The van der Waals surface area contributed by atoms with Gasteiger partial charge in [0.05, 0.1) is 7.11 Å². The van der Waals surface area contributed by atoms with E-state index in [0.717, 1.165) is 22.7 Å². The molecule has 0 unspecified atom stereocenters. The number of methoxy groups -OCH3 is 1. The molecule has 0 amide bonds. The monoisotopic (exact) mass is 275 g/mol. The van der Waals surface area contributed by atoms with Crippen LogP contribution in [0.4, 0.5) is 10.1 Å². The number of rotatable bonds is 6. The van der Waals surface area contributed by atoms with Gasteiger partial charge >= 0.3 is 0 Å². The molecule has 0 spiro atoms. The lowest BCUT2D eigenvalue weighted by molar-refractivity contribution is 0.305. The van der Waals surface area contributed by atoms with Crippen LogP contribution in [0.1, 0.15) is 5.56 Å². The minimum absolute atomic E-state index is 0.240. The molecule has 4 heteroatoms. The lowest BCUT2D eigenvalue weighted by Crippen LogP contribution is -2.11. The van der Waals surface area contributed by atoms with Crippen molar-refractivity contribution in [3.8, 4) is 11.5 Å². The number of benzene rings is 2. The first-order valence-electron chi connectivity index (χ1n) is 6.46. The van der Waals surface area contributed by atoms with Crippen molar-refractivity contribution in [1.82, 2.24) is 0 Å². The van der Waals surface area contributed by atoms with Crippen molar-refractivity contribution in [2.24, 2.45) is 0 Å². The second-order valence-corrected chi connectivity index (χ2v) is 4.44. The smallest absolute Gasteiger partial charge is 0.161 e. The van der Waals surface area contributed by atoms with Crippen LogP contribution in [0.3, 0.4) is 0 Å². The van der Waals surface area contributed by atoms with Gasteiger partial charge in [-0.3, -0.25) is 0 Å². The van der Waals surface area contributed by atoms with E-state index < -0.39 is 0 Å². The highest BCUT2D eigenvalue weighted by Gasteiger charge is 2.03. The normalized spacial score (nSPS) is 10.2. The van der Waals surface area contributed by atoms with Crippen molar-refractivity contribution in [1.29, 1.82) is 0 Å². The SMILES string of the molecule is COc1cc(C)ccc1OCCNc1ccc(F)cc1. The maximum atomic E-state index is 12.7. The topological polar surface area (TPSA) is 30.5 Å². The third-order valence-corrected chi connectivity index (χ3v) is 2.85. The Morgan fingerprint density at radius 1 is 1.05 bits per heavy atom. The van der Waals surface area contributed by atoms with E-state index in [1.165, 1.54) is 12.1 Å². The van der Waals surface area contributed by atoms with Crippen LogP contribution in [0.15, 0.2) is 42.5 Å². The Morgan fingerprint density at radius 2 is 1.80 bits per heavy atom. The van der Waals surface area contributed by atoms with E-state index in [4.69, 9.17) is 9.47 Å². The van der Waals surface area contributed by atoms with Gasteiger partial charge in [0.15, 0.2) is 11.5 Å². The highest BCUT2D eigenvalue weighted by molar-refractivity contribution is 5.44. The van der Waals surface area contributed by atoms with Gasteiger partial charge < -0.3 is 14.8 Å². The highest BCUT2D eigenvalue weighted by atomic mass is 19.1. The Labute approximate surface area is 118 Å². The number of hydrogen-bond donors (Lipinski definition) is 1. The minimum Gasteiger partial charge on any atom is -0.493 e. The summed E-state index contributed by atoms with van der Waals surface area (Å²) in [6, 6.07) is 12.0. The highest BCUT2D eigenvalue weighted by Crippen LogP contribution is 2.27. The number of nitrogens with one attached hydrogen (secondary N) is 1. The first kappa shape index (κ1) is 14.2. The summed E-state index contributed by atoms with van der Waals surface area (Å²) in [4.78, 5) is 0. The van der Waals surface area contributed by atoms with Crippen LogP contribution in [0, 0.1) is 12.7 Å². The zero-order valence-electron chi connectivity index (χ0n) is 11.7. The van der Waals surface area contributed by atoms with Crippen LogP contribution in [0.2, 0.25) is 0 Å². The van der Waals surface area contributed by atoms with Crippen LogP contribution in [0.5, 0.6) is 11.5 Å². The van der Waals surface area contributed by atoms with Crippen LogP contribution < -0.4 is 14.8 Å². The Hall–Kier alpha value is -2.23. The lowest BCUT2D eigenvalue weighted by Gasteiger charge is -2.12. The summed E-state index contributed by atoms with van der Waals surface area (Å²) in [7, 11) is 1.62. The molecule has 1 N–H and O–H groups in total. The fourth-order valence-electron chi connectivity index (χ4n) is 1.82. The van der Waals surface area contributed by atoms with Gasteiger partial charge in [0, 0.05) is 12.2 Å². The maximum Gasteiger partial charge on any atom is 0.161 e. The van der Waals surface area contributed by atoms with Gasteiger partial charge in [-0.1, -0.05) is 6.07 Å². The quantitative estimate of drug-likeness (QED) is 0.817. The molecular formula is C16H18FNO2. The van der Waals surface area contributed by atoms with Crippen LogP contribution in [-0.2, 0) is 0 Å². The van der Waals surface area contributed by atoms with Crippen molar-refractivity contribution in [2.45, 2.75) is 6.92 Å². The first-order valence-corrected chi connectivity index (χ1v) is 6.46. The molecule has 20 heavy (non-hydrogen) atoms. The van der Waals surface area contributed by atoms with E-state index in [1.807, 2.05) is 25.1 Å². The van der Waals surface area contributed by atoms with E-state index >= 15 is 0 Å². The van der Waals surface area contributed by atoms with Crippen LogP contribution >= 0.6 is 0 Å². The van der Waals surface area contributed by atoms with Crippen molar-refractivity contribution >= 4 is 5.69 Å². The molecule has 0 aliphatic rings. The summed E-state index contributed by atoms with van der Waals surface area (Å²) < 4.78 is 23.7. The molecule has 0 aliphatic heterocycles. The molecule has 0 saturated heterocycles. The van der Waals surface area contributed by atoms with Gasteiger partial charge in [0.25, 0.3) is 0 Å². The molecular weight excluding hydrogens is 257 g/mol. The van der Waals surface area contributed by atoms with Crippen LogP contribution in [0.25, 0.3) is 0 Å². The Balaban J connectivity index is 1.82. The molecule has 0 radical (unpaired) electrons. The Bertz CT molecular complexity index is 555. The number of ether oxygens (including phenoxy) is 2. The zero-order valence-corrected chi connectivity index (χ0v) is 11.7. The molecule has 0 saturated carbocycles. The molecule has 0 heterocycles. The molecule has 0 bridgehead atoms. The maximum absolute atomic E-state index is 12.7. The van der Waals surface area contributed by atoms with Gasteiger partial charge in [-0.15, -0.1) is 0 Å². The van der Waals surface area contributed by atoms with Crippen molar-refractivity contribution in [3.63, 3.8) is 0 Å². The predicted octanol–water partition coefficient (Wildman–Crippen LogP) is 3.63. The van der Waals surface area contributed by atoms with E-state index in [1.54, 1.807) is 19.2 Å². The molecule has 0 aromatic heterocycles. The van der Waals surface area contributed by atoms with Gasteiger partial charge in [-0.05, 0) is 48.9 Å². The average Bonchev–Trinajstić information content (AvgIpc) is 2.46. The second-order valence-electron chi connectivity index (χ2n) is 4.44. The first-order chi connectivity index (χ1) is 9.69. The summed E-state index contributed by atoms with van der Waals surface area (Å²) in [5, 5.41) is 3.16. The number of anilines is 1. The Morgan fingerprint density at radius 3 is 2.50 bits per heavy atom. The summed E-state index contributed by atoms with van der Waals surface area (Å²) in [6.07, 6.45) is 0. The van der Waals surface area contributed by atoms with Gasteiger partial charge in [0.2, 0.25) is 0 Å². The van der Waals surface area contributed by atoms with Crippen LogP contribution in [-0.4, -0.2) is 20.3 Å². The molecule has 0 fully saturated rings. The third-order valence-electron chi connectivity index (χ3n) is 2.85. The average molecular weight is 275 g/mol. The van der Waals surface area contributed by atoms with Crippen molar-refractivity contribution < 1.29 is 13.9 Å². The standard InChI is InChI=1S/C16H18FNO2/c1-12-3-8-15(16(11-12)19-2)20-10-9-18-14-6-4-13(17)5-7-14/h3-8,11,18H,9-10H2,1-2H3. The van der Waals surface area contributed by atoms with E-state index in [2.05, 4.69) is 5.32 Å². The molecule has 2 rings (SSSR count). The molecule has 106 valence electrons. The molecule has 0 atom stereocenters. The lowest BCUT2D eigenvalue weighted by atomic mass is 10.2. The fraction of sp³-hybridized carbons (Fsp3) is 0.250. The second kappa shape index (κ2) is 6.80. The summed E-state index contributed by atoms with van der Waals surface area (Å²) in [5.74, 6) is 1.21. The van der Waals surface area contributed by atoms with E-state index in [0.29, 0.717) is 13.2 Å². The van der Waals surface area contributed by atoms with Crippen molar-refractivity contribution in [3.05, 3.63) is 53.8 Å². The summed E-state index contributed by atoms with van der Waals surface area (Å²) >= 11 is 0. The van der Waals surface area contributed by atoms with E-state index in [-0.39, 0.29) is 5.82 Å².